The third-order valence-corrected chi connectivity index (χ3v) is 4.40. The normalized spacial score (nSPS) is 10.4. The number of hydrogen-bond donors (Lipinski definition) is 3. The summed E-state index contributed by atoms with van der Waals surface area (Å²) in [5, 5.41) is 8.73. The van der Waals surface area contributed by atoms with Crippen molar-refractivity contribution in [2.75, 3.05) is 16.0 Å². The number of carbonyl (C=O) groups is 2. The minimum absolute atomic E-state index is 0.142. The summed E-state index contributed by atoms with van der Waals surface area (Å²) in [6.07, 6.45) is 4.52. The van der Waals surface area contributed by atoms with Gasteiger partial charge in [-0.2, -0.15) is 0 Å². The number of urea groups is 1. The van der Waals surface area contributed by atoms with Gasteiger partial charge in [-0.25, -0.2) is 9.78 Å². The molecule has 0 aliphatic rings. The number of benzene rings is 2. The van der Waals surface area contributed by atoms with E-state index < -0.39 is 11.9 Å². The number of aromatic nitrogens is 2. The van der Waals surface area contributed by atoms with Crippen LogP contribution in [0.4, 0.5) is 21.9 Å². The zero-order valence-electron chi connectivity index (χ0n) is 16.0. The maximum atomic E-state index is 12.4. The monoisotopic (exact) mass is 433 g/mol. The van der Waals surface area contributed by atoms with Gasteiger partial charge in [0, 0.05) is 34.5 Å². The summed E-state index contributed by atoms with van der Waals surface area (Å²) in [6.45, 7) is 0. The molecule has 0 bridgehead atoms. The van der Waals surface area contributed by atoms with E-state index >= 15 is 0 Å². The van der Waals surface area contributed by atoms with Crippen molar-refractivity contribution in [1.29, 1.82) is 0 Å². The lowest BCUT2D eigenvalue weighted by Crippen LogP contribution is -2.19. The van der Waals surface area contributed by atoms with Crippen LogP contribution in [-0.2, 0) is 0 Å². The van der Waals surface area contributed by atoms with Gasteiger partial charge in [0.1, 0.15) is 6.26 Å². The molecule has 0 aliphatic heterocycles. The SMILES string of the molecule is O=C(Nc1ccc(Cl)cc1)Nc1ccc(NC(=O)c2coc(-c3cccnc3)n2)cc1. The lowest BCUT2D eigenvalue weighted by molar-refractivity contribution is 0.102. The molecule has 4 rings (SSSR count). The lowest BCUT2D eigenvalue weighted by atomic mass is 10.2. The lowest BCUT2D eigenvalue weighted by Gasteiger charge is -2.09. The van der Waals surface area contributed by atoms with Crippen LogP contribution >= 0.6 is 11.6 Å². The first-order valence-corrected chi connectivity index (χ1v) is 9.55. The number of amides is 3. The summed E-state index contributed by atoms with van der Waals surface area (Å²) >= 11 is 5.83. The van der Waals surface area contributed by atoms with Gasteiger partial charge in [-0.05, 0) is 60.7 Å². The van der Waals surface area contributed by atoms with Gasteiger partial charge >= 0.3 is 6.03 Å². The maximum absolute atomic E-state index is 12.4. The Bertz CT molecular complexity index is 1190. The third kappa shape index (κ3) is 5.26. The smallest absolute Gasteiger partial charge is 0.323 e. The third-order valence-electron chi connectivity index (χ3n) is 4.15. The predicted molar refractivity (Wildman–Crippen MR) is 118 cm³/mol. The Morgan fingerprint density at radius 1 is 0.839 bits per heavy atom. The molecule has 2 aromatic carbocycles. The van der Waals surface area contributed by atoms with Crippen molar-refractivity contribution in [2.24, 2.45) is 0 Å². The highest BCUT2D eigenvalue weighted by atomic mass is 35.5. The number of pyridine rings is 1. The molecule has 0 atom stereocenters. The van der Waals surface area contributed by atoms with Crippen molar-refractivity contribution in [1.82, 2.24) is 9.97 Å². The number of anilines is 3. The largest absolute Gasteiger partial charge is 0.444 e. The number of carbonyl (C=O) groups excluding carboxylic acids is 2. The number of rotatable bonds is 5. The van der Waals surface area contributed by atoms with Crippen LogP contribution in [0, 0.1) is 0 Å². The second-order valence-corrected chi connectivity index (χ2v) is 6.83. The summed E-state index contributed by atoms with van der Waals surface area (Å²) in [5.41, 5.74) is 2.53. The molecule has 0 unspecified atom stereocenters. The Kier molecular flexibility index (Phi) is 5.91. The van der Waals surface area contributed by atoms with Crippen LogP contribution in [0.25, 0.3) is 11.5 Å². The molecule has 3 N–H and O–H groups in total. The molecule has 31 heavy (non-hydrogen) atoms. The average molecular weight is 434 g/mol. The molecule has 8 nitrogen and oxygen atoms in total. The molecule has 9 heteroatoms. The van der Waals surface area contributed by atoms with Crippen molar-refractivity contribution < 1.29 is 14.0 Å². The molecule has 0 fully saturated rings. The van der Waals surface area contributed by atoms with Gasteiger partial charge in [-0.1, -0.05) is 11.6 Å². The van der Waals surface area contributed by atoms with Gasteiger partial charge in [-0.15, -0.1) is 0 Å². The highest BCUT2D eigenvalue weighted by molar-refractivity contribution is 6.30. The van der Waals surface area contributed by atoms with E-state index in [4.69, 9.17) is 16.0 Å². The van der Waals surface area contributed by atoms with Crippen molar-refractivity contribution in [3.05, 3.63) is 90.0 Å². The first kappa shape index (κ1) is 20.1. The highest BCUT2D eigenvalue weighted by Crippen LogP contribution is 2.19. The van der Waals surface area contributed by atoms with Crippen LogP contribution in [0.15, 0.2) is 83.7 Å². The number of halogens is 1. The molecule has 0 saturated carbocycles. The molecule has 0 aliphatic carbocycles. The van der Waals surface area contributed by atoms with E-state index in [-0.39, 0.29) is 5.69 Å². The molecule has 0 saturated heterocycles. The van der Waals surface area contributed by atoms with Crippen molar-refractivity contribution in [3.8, 4) is 11.5 Å². The van der Waals surface area contributed by atoms with Crippen molar-refractivity contribution in [3.63, 3.8) is 0 Å². The van der Waals surface area contributed by atoms with Gasteiger partial charge in [-0.3, -0.25) is 9.78 Å². The first-order chi connectivity index (χ1) is 15.1. The van der Waals surface area contributed by atoms with E-state index in [1.807, 2.05) is 0 Å². The van der Waals surface area contributed by atoms with Gasteiger partial charge in [0.05, 0.1) is 5.56 Å². The summed E-state index contributed by atoms with van der Waals surface area (Å²) in [6, 6.07) is 16.6. The molecule has 0 radical (unpaired) electrons. The first-order valence-electron chi connectivity index (χ1n) is 9.18. The topological polar surface area (TPSA) is 109 Å². The Hall–Kier alpha value is -4.17. The van der Waals surface area contributed by atoms with E-state index in [1.165, 1.54) is 6.26 Å². The zero-order valence-corrected chi connectivity index (χ0v) is 16.8. The van der Waals surface area contributed by atoms with E-state index in [1.54, 1.807) is 73.1 Å². The Labute approximate surface area is 182 Å². The predicted octanol–water partition coefficient (Wildman–Crippen LogP) is 5.29. The van der Waals surface area contributed by atoms with Crippen LogP contribution in [0.5, 0.6) is 0 Å². The number of nitrogens with one attached hydrogen (secondary N) is 3. The number of hydrogen-bond acceptors (Lipinski definition) is 5. The highest BCUT2D eigenvalue weighted by Gasteiger charge is 2.14. The summed E-state index contributed by atoms with van der Waals surface area (Å²) in [5.74, 6) is -0.107. The molecule has 2 heterocycles. The maximum Gasteiger partial charge on any atom is 0.323 e. The summed E-state index contributed by atoms with van der Waals surface area (Å²) in [4.78, 5) is 32.7. The van der Waals surface area contributed by atoms with Crippen LogP contribution in [0.3, 0.4) is 0 Å². The van der Waals surface area contributed by atoms with E-state index in [0.29, 0.717) is 33.5 Å². The summed E-state index contributed by atoms with van der Waals surface area (Å²) < 4.78 is 5.35. The zero-order chi connectivity index (χ0) is 21.6. The Morgan fingerprint density at radius 2 is 1.45 bits per heavy atom. The van der Waals surface area contributed by atoms with E-state index in [0.717, 1.165) is 0 Å². The van der Waals surface area contributed by atoms with Crippen LogP contribution in [0.1, 0.15) is 10.5 Å². The molecular formula is C22H16ClN5O3. The fraction of sp³-hybridized carbons (Fsp3) is 0. The quantitative estimate of drug-likeness (QED) is 0.396. The molecule has 4 aromatic rings. The fourth-order valence-corrected chi connectivity index (χ4v) is 2.78. The molecule has 0 spiro atoms. The average Bonchev–Trinajstić information content (AvgIpc) is 3.28. The van der Waals surface area contributed by atoms with Gasteiger partial charge in [0.15, 0.2) is 5.69 Å². The fourth-order valence-electron chi connectivity index (χ4n) is 2.66. The van der Waals surface area contributed by atoms with E-state index in [9.17, 15) is 9.59 Å². The van der Waals surface area contributed by atoms with Gasteiger partial charge in [0.25, 0.3) is 5.91 Å². The van der Waals surface area contributed by atoms with Crippen molar-refractivity contribution in [2.45, 2.75) is 0 Å². The number of oxazole rings is 1. The summed E-state index contributed by atoms with van der Waals surface area (Å²) in [7, 11) is 0. The van der Waals surface area contributed by atoms with Crippen LogP contribution in [0.2, 0.25) is 5.02 Å². The van der Waals surface area contributed by atoms with Crippen LogP contribution in [-0.4, -0.2) is 21.9 Å². The van der Waals surface area contributed by atoms with Gasteiger partial charge < -0.3 is 20.4 Å². The van der Waals surface area contributed by atoms with E-state index in [2.05, 4.69) is 25.9 Å². The Morgan fingerprint density at radius 3 is 2.06 bits per heavy atom. The number of nitrogens with zero attached hydrogens (tertiary/aromatic N) is 2. The second-order valence-electron chi connectivity index (χ2n) is 6.40. The minimum Gasteiger partial charge on any atom is -0.444 e. The molecule has 2 aromatic heterocycles. The standard InChI is InChI=1S/C22H16ClN5O3/c23-15-3-5-17(6-4-15)26-22(30)27-18-9-7-16(8-10-18)25-20(29)19-13-31-21(28-19)14-2-1-11-24-12-14/h1-13H,(H,25,29)(H2,26,27,30). The Balaban J connectivity index is 1.34. The molecule has 3 amide bonds. The van der Waals surface area contributed by atoms with Crippen molar-refractivity contribution >= 4 is 40.6 Å². The molecular weight excluding hydrogens is 418 g/mol. The minimum atomic E-state index is -0.417. The second kappa shape index (κ2) is 9.10. The molecule has 154 valence electrons. The van der Waals surface area contributed by atoms with Crippen LogP contribution < -0.4 is 16.0 Å². The van der Waals surface area contributed by atoms with Gasteiger partial charge in [0.2, 0.25) is 5.89 Å².